The van der Waals surface area contributed by atoms with Gasteiger partial charge in [-0.05, 0) is 18.6 Å². The van der Waals surface area contributed by atoms with Gasteiger partial charge in [0.05, 0.1) is 22.8 Å². The molecule has 0 heterocycles. The van der Waals surface area contributed by atoms with E-state index in [1.165, 1.54) is 7.11 Å². The van der Waals surface area contributed by atoms with E-state index < -0.39 is 22.0 Å². The van der Waals surface area contributed by atoms with E-state index in [-0.39, 0.29) is 0 Å². The Morgan fingerprint density at radius 2 is 2.12 bits per heavy atom. The third kappa shape index (κ3) is 3.30. The van der Waals surface area contributed by atoms with Crippen LogP contribution in [0.2, 0.25) is 0 Å². The molecule has 94 valence electrons. The average molecular weight is 256 g/mol. The second-order valence-corrected chi connectivity index (χ2v) is 5.17. The minimum atomic E-state index is -1.59. The molecule has 17 heavy (non-hydrogen) atoms. The van der Waals surface area contributed by atoms with Crippen LogP contribution in [-0.4, -0.2) is 27.6 Å². The van der Waals surface area contributed by atoms with Crippen LogP contribution >= 0.6 is 0 Å². The minimum Gasteiger partial charge on any atom is -0.495 e. The molecule has 0 aliphatic carbocycles. The predicted molar refractivity (Wildman–Crippen MR) is 65.7 cm³/mol. The van der Waals surface area contributed by atoms with E-state index in [0.29, 0.717) is 23.5 Å². The summed E-state index contributed by atoms with van der Waals surface area (Å²) in [4.78, 5) is 11.5. The highest BCUT2D eigenvalue weighted by molar-refractivity contribution is 7.86. The van der Waals surface area contributed by atoms with Crippen LogP contribution in [0.1, 0.15) is 19.8 Å². The Labute approximate surface area is 103 Å². The van der Waals surface area contributed by atoms with Gasteiger partial charge in [0.2, 0.25) is 0 Å². The van der Waals surface area contributed by atoms with Crippen molar-refractivity contribution in [2.75, 3.05) is 7.11 Å². The molecule has 0 radical (unpaired) electrons. The number of para-hydroxylation sites is 1. The van der Waals surface area contributed by atoms with Crippen molar-refractivity contribution in [1.29, 1.82) is 0 Å². The fourth-order valence-corrected chi connectivity index (χ4v) is 3.02. The lowest BCUT2D eigenvalue weighted by Gasteiger charge is -2.13. The van der Waals surface area contributed by atoms with E-state index in [2.05, 4.69) is 0 Å². The van der Waals surface area contributed by atoms with E-state index in [0.717, 1.165) is 0 Å². The van der Waals surface area contributed by atoms with Crippen LogP contribution in [0.5, 0.6) is 5.75 Å². The number of hydrogen-bond acceptors (Lipinski definition) is 3. The molecule has 0 fully saturated rings. The minimum absolute atomic E-state index is 0.389. The van der Waals surface area contributed by atoms with Gasteiger partial charge in [0.1, 0.15) is 11.0 Å². The third-order valence-corrected chi connectivity index (χ3v) is 4.10. The van der Waals surface area contributed by atoms with Gasteiger partial charge in [-0.3, -0.25) is 9.00 Å². The molecule has 0 aliphatic heterocycles. The monoisotopic (exact) mass is 256 g/mol. The molecule has 5 heteroatoms. The molecular weight excluding hydrogens is 240 g/mol. The Morgan fingerprint density at radius 1 is 1.47 bits per heavy atom. The Hall–Kier alpha value is -1.36. The molecule has 0 spiro atoms. The number of benzene rings is 1. The van der Waals surface area contributed by atoms with E-state index in [9.17, 15) is 9.00 Å². The van der Waals surface area contributed by atoms with Crippen molar-refractivity contribution in [3.8, 4) is 5.75 Å². The molecular formula is C12H16O4S. The SMILES string of the molecule is CCCC(C(=O)O)S(=O)c1ccccc1OC. The standard InChI is InChI=1S/C12H16O4S/c1-3-6-11(12(13)14)17(15)10-8-5-4-7-9(10)16-2/h4-5,7-8,11H,3,6H2,1-2H3,(H,13,14). The Kier molecular flexibility index (Phi) is 5.15. The number of carboxylic acids is 1. The summed E-state index contributed by atoms with van der Waals surface area (Å²) in [6.07, 6.45) is 1.07. The van der Waals surface area contributed by atoms with Crippen molar-refractivity contribution in [1.82, 2.24) is 0 Å². The molecule has 2 atom stereocenters. The van der Waals surface area contributed by atoms with E-state index in [4.69, 9.17) is 9.84 Å². The maximum Gasteiger partial charge on any atom is 0.319 e. The van der Waals surface area contributed by atoms with Crippen LogP contribution in [0.3, 0.4) is 0 Å². The first-order valence-corrected chi connectivity index (χ1v) is 6.59. The first-order chi connectivity index (χ1) is 8.11. The largest absolute Gasteiger partial charge is 0.495 e. The van der Waals surface area contributed by atoms with Gasteiger partial charge in [-0.2, -0.15) is 0 Å². The number of rotatable bonds is 6. The lowest BCUT2D eigenvalue weighted by Crippen LogP contribution is -2.25. The number of ether oxygens (including phenoxy) is 1. The lowest BCUT2D eigenvalue weighted by molar-refractivity contribution is -0.136. The Morgan fingerprint density at radius 3 is 2.65 bits per heavy atom. The van der Waals surface area contributed by atoms with Gasteiger partial charge in [0, 0.05) is 0 Å². The molecule has 0 aliphatic rings. The number of hydrogen-bond donors (Lipinski definition) is 1. The van der Waals surface area contributed by atoms with Gasteiger partial charge in [0.25, 0.3) is 0 Å². The van der Waals surface area contributed by atoms with E-state index in [1.54, 1.807) is 24.3 Å². The molecule has 0 aromatic heterocycles. The number of carboxylic acid groups (broad SMARTS) is 1. The number of aliphatic carboxylic acids is 1. The summed E-state index contributed by atoms with van der Waals surface area (Å²) in [5.74, 6) is -0.565. The van der Waals surface area contributed by atoms with Gasteiger partial charge in [-0.15, -0.1) is 0 Å². The molecule has 0 saturated carbocycles. The van der Waals surface area contributed by atoms with Crippen molar-refractivity contribution in [2.24, 2.45) is 0 Å². The van der Waals surface area contributed by atoms with Gasteiger partial charge in [-0.25, -0.2) is 0 Å². The maximum absolute atomic E-state index is 12.2. The topological polar surface area (TPSA) is 63.6 Å². The summed E-state index contributed by atoms with van der Waals surface area (Å²) in [5, 5.41) is 8.19. The Balaban J connectivity index is 3.04. The molecule has 1 aromatic rings. The quantitative estimate of drug-likeness (QED) is 0.846. The molecule has 1 rings (SSSR count). The van der Waals surface area contributed by atoms with Crippen LogP contribution in [0.4, 0.5) is 0 Å². The summed E-state index contributed by atoms with van der Waals surface area (Å²) >= 11 is 0. The van der Waals surface area contributed by atoms with Crippen LogP contribution in [0, 0.1) is 0 Å². The number of carbonyl (C=O) groups is 1. The summed E-state index contributed by atoms with van der Waals surface area (Å²) in [5.41, 5.74) is 0. The summed E-state index contributed by atoms with van der Waals surface area (Å²) in [6, 6.07) is 6.80. The molecule has 1 aromatic carbocycles. The fraction of sp³-hybridized carbons (Fsp3) is 0.417. The predicted octanol–water partition coefficient (Wildman–Crippen LogP) is 2.06. The molecule has 0 bridgehead atoms. The normalized spacial score (nSPS) is 14.0. The molecule has 1 N–H and O–H groups in total. The van der Waals surface area contributed by atoms with Crippen LogP contribution in [-0.2, 0) is 15.6 Å². The second-order valence-electron chi connectivity index (χ2n) is 3.56. The van der Waals surface area contributed by atoms with E-state index >= 15 is 0 Å². The summed E-state index contributed by atoms with van der Waals surface area (Å²) < 4.78 is 17.3. The highest BCUT2D eigenvalue weighted by Gasteiger charge is 2.26. The zero-order chi connectivity index (χ0) is 12.8. The Bertz CT molecular complexity index is 417. The van der Waals surface area contributed by atoms with Crippen LogP contribution in [0.15, 0.2) is 29.2 Å². The van der Waals surface area contributed by atoms with Gasteiger partial charge in [-0.1, -0.05) is 25.5 Å². The van der Waals surface area contributed by atoms with Gasteiger partial charge >= 0.3 is 5.97 Å². The van der Waals surface area contributed by atoms with Crippen molar-refractivity contribution in [3.05, 3.63) is 24.3 Å². The smallest absolute Gasteiger partial charge is 0.319 e. The maximum atomic E-state index is 12.2. The number of methoxy groups -OCH3 is 1. The van der Waals surface area contributed by atoms with Crippen LogP contribution < -0.4 is 4.74 Å². The zero-order valence-corrected chi connectivity index (χ0v) is 10.7. The van der Waals surface area contributed by atoms with Crippen molar-refractivity contribution < 1.29 is 18.8 Å². The first kappa shape index (κ1) is 13.7. The fourth-order valence-electron chi connectivity index (χ4n) is 1.52. The van der Waals surface area contributed by atoms with E-state index in [1.807, 2.05) is 6.92 Å². The molecule has 4 nitrogen and oxygen atoms in total. The third-order valence-electron chi connectivity index (χ3n) is 2.37. The second kappa shape index (κ2) is 6.39. The highest BCUT2D eigenvalue weighted by atomic mass is 32.2. The molecule has 2 unspecified atom stereocenters. The average Bonchev–Trinajstić information content (AvgIpc) is 2.34. The van der Waals surface area contributed by atoms with Crippen molar-refractivity contribution >= 4 is 16.8 Å². The first-order valence-electron chi connectivity index (χ1n) is 5.38. The van der Waals surface area contributed by atoms with Crippen molar-refractivity contribution in [3.63, 3.8) is 0 Å². The zero-order valence-electron chi connectivity index (χ0n) is 9.88. The molecule has 0 amide bonds. The highest BCUT2D eigenvalue weighted by Crippen LogP contribution is 2.25. The summed E-state index contributed by atoms with van der Waals surface area (Å²) in [6.45, 7) is 1.87. The molecule has 0 saturated heterocycles. The van der Waals surface area contributed by atoms with Gasteiger partial charge < -0.3 is 9.84 Å². The lowest BCUT2D eigenvalue weighted by atomic mass is 10.2. The van der Waals surface area contributed by atoms with Gasteiger partial charge in [0.15, 0.2) is 0 Å². The summed E-state index contributed by atoms with van der Waals surface area (Å²) in [7, 11) is -0.109. The van der Waals surface area contributed by atoms with Crippen molar-refractivity contribution in [2.45, 2.75) is 29.9 Å². The van der Waals surface area contributed by atoms with Crippen LogP contribution in [0.25, 0.3) is 0 Å².